The molecule has 0 saturated carbocycles. The number of hydrogen-bond donors (Lipinski definition) is 1. The molecule has 2 aliphatic heterocycles. The predicted molar refractivity (Wildman–Crippen MR) is 92.4 cm³/mol. The van der Waals surface area contributed by atoms with Gasteiger partial charge in [-0.2, -0.15) is 0 Å². The summed E-state index contributed by atoms with van der Waals surface area (Å²) in [5, 5.41) is 3.46. The Labute approximate surface area is 136 Å². The van der Waals surface area contributed by atoms with Crippen molar-refractivity contribution in [3.63, 3.8) is 0 Å². The zero-order valence-electron chi connectivity index (χ0n) is 14.9. The highest BCUT2D eigenvalue weighted by Gasteiger charge is 2.29. The van der Waals surface area contributed by atoms with Gasteiger partial charge in [0.25, 0.3) is 0 Å². The maximum Gasteiger partial charge on any atom is 0.193 e. The van der Waals surface area contributed by atoms with E-state index in [0.29, 0.717) is 0 Å². The first-order valence-corrected chi connectivity index (χ1v) is 8.89. The van der Waals surface area contributed by atoms with Gasteiger partial charge in [0.2, 0.25) is 0 Å². The third kappa shape index (κ3) is 4.85. The van der Waals surface area contributed by atoms with E-state index in [-0.39, 0.29) is 5.54 Å². The molecule has 22 heavy (non-hydrogen) atoms. The van der Waals surface area contributed by atoms with Gasteiger partial charge < -0.3 is 15.0 Å². The van der Waals surface area contributed by atoms with Gasteiger partial charge in [0.05, 0.1) is 19.8 Å². The summed E-state index contributed by atoms with van der Waals surface area (Å²) in [4.78, 5) is 9.82. The van der Waals surface area contributed by atoms with Crippen LogP contribution in [0.1, 0.15) is 40.5 Å². The number of guanidine groups is 1. The zero-order chi connectivity index (χ0) is 16.0. The average molecular weight is 310 g/mol. The SMILES string of the molecule is CCNC(=NCCN1CCOCC1(C)C)N1CCCC(C)C1. The average Bonchev–Trinajstić information content (AvgIpc) is 2.48. The van der Waals surface area contributed by atoms with Crippen LogP contribution in [0.5, 0.6) is 0 Å². The van der Waals surface area contributed by atoms with E-state index in [0.717, 1.165) is 64.4 Å². The van der Waals surface area contributed by atoms with Crippen molar-refractivity contribution in [2.45, 2.75) is 46.1 Å². The molecule has 1 atom stereocenters. The molecule has 2 saturated heterocycles. The van der Waals surface area contributed by atoms with Gasteiger partial charge >= 0.3 is 0 Å². The monoisotopic (exact) mass is 310 g/mol. The Morgan fingerprint density at radius 1 is 1.36 bits per heavy atom. The number of piperidine rings is 1. The lowest BCUT2D eigenvalue weighted by Crippen LogP contribution is -2.53. The molecular weight excluding hydrogens is 276 g/mol. The van der Waals surface area contributed by atoms with Crippen LogP contribution in [0.15, 0.2) is 4.99 Å². The maximum absolute atomic E-state index is 5.59. The third-order valence-electron chi connectivity index (χ3n) is 4.74. The van der Waals surface area contributed by atoms with E-state index in [1.165, 1.54) is 12.8 Å². The molecule has 2 fully saturated rings. The minimum atomic E-state index is 0.131. The van der Waals surface area contributed by atoms with Crippen LogP contribution in [0.2, 0.25) is 0 Å². The number of likely N-dealkylation sites (tertiary alicyclic amines) is 1. The van der Waals surface area contributed by atoms with Crippen LogP contribution < -0.4 is 5.32 Å². The van der Waals surface area contributed by atoms with Gasteiger partial charge in [-0.25, -0.2) is 0 Å². The van der Waals surface area contributed by atoms with Crippen molar-refractivity contribution in [2.75, 3.05) is 52.5 Å². The highest BCUT2D eigenvalue weighted by Crippen LogP contribution is 2.18. The molecule has 2 aliphatic rings. The van der Waals surface area contributed by atoms with Crippen LogP contribution in [-0.2, 0) is 4.74 Å². The molecule has 0 aromatic carbocycles. The van der Waals surface area contributed by atoms with Gasteiger partial charge in [0, 0.05) is 38.3 Å². The number of ether oxygens (including phenoxy) is 1. The molecule has 0 spiro atoms. The van der Waals surface area contributed by atoms with Crippen LogP contribution >= 0.6 is 0 Å². The second kappa shape index (κ2) is 8.16. The van der Waals surface area contributed by atoms with Crippen molar-refractivity contribution in [2.24, 2.45) is 10.9 Å². The molecule has 5 nitrogen and oxygen atoms in total. The highest BCUT2D eigenvalue weighted by atomic mass is 16.5. The first-order chi connectivity index (χ1) is 10.5. The molecule has 0 radical (unpaired) electrons. The minimum absolute atomic E-state index is 0.131. The van der Waals surface area contributed by atoms with Crippen LogP contribution in [0.3, 0.4) is 0 Å². The second-order valence-corrected chi connectivity index (χ2v) is 7.28. The molecule has 0 bridgehead atoms. The van der Waals surface area contributed by atoms with E-state index < -0.39 is 0 Å². The molecule has 5 heteroatoms. The van der Waals surface area contributed by atoms with E-state index in [1.54, 1.807) is 0 Å². The topological polar surface area (TPSA) is 40.1 Å². The second-order valence-electron chi connectivity index (χ2n) is 7.28. The summed E-state index contributed by atoms with van der Waals surface area (Å²) in [7, 11) is 0. The Bertz CT molecular complexity index is 370. The Morgan fingerprint density at radius 3 is 2.86 bits per heavy atom. The van der Waals surface area contributed by atoms with E-state index in [4.69, 9.17) is 9.73 Å². The predicted octanol–water partition coefficient (Wildman–Crippen LogP) is 1.79. The number of nitrogens with one attached hydrogen (secondary N) is 1. The Morgan fingerprint density at radius 2 is 2.18 bits per heavy atom. The quantitative estimate of drug-likeness (QED) is 0.635. The van der Waals surface area contributed by atoms with Gasteiger partial charge in [-0.05, 0) is 39.5 Å². The molecule has 128 valence electrons. The first kappa shape index (κ1) is 17.5. The minimum Gasteiger partial charge on any atom is -0.378 e. The fraction of sp³-hybridized carbons (Fsp3) is 0.941. The summed E-state index contributed by atoms with van der Waals surface area (Å²) in [6, 6.07) is 0. The standard InChI is InChI=1S/C17H34N4O/c1-5-18-16(20-9-6-7-15(2)13-20)19-8-10-21-11-12-22-14-17(21,3)4/h15H,5-14H2,1-4H3,(H,18,19). The third-order valence-corrected chi connectivity index (χ3v) is 4.74. The summed E-state index contributed by atoms with van der Waals surface area (Å²) in [6.45, 7) is 16.8. The Balaban J connectivity index is 1.89. The van der Waals surface area contributed by atoms with Crippen molar-refractivity contribution in [1.29, 1.82) is 0 Å². The first-order valence-electron chi connectivity index (χ1n) is 8.89. The fourth-order valence-electron chi connectivity index (χ4n) is 3.39. The number of hydrogen-bond acceptors (Lipinski definition) is 3. The van der Waals surface area contributed by atoms with Crippen LogP contribution in [0, 0.1) is 5.92 Å². The molecule has 2 rings (SSSR count). The summed E-state index contributed by atoms with van der Waals surface area (Å²) in [5.41, 5.74) is 0.131. The molecule has 0 aliphatic carbocycles. The number of aliphatic imine (C=N–C) groups is 1. The van der Waals surface area contributed by atoms with Crippen LogP contribution in [0.25, 0.3) is 0 Å². The lowest BCUT2D eigenvalue weighted by molar-refractivity contribution is -0.0491. The van der Waals surface area contributed by atoms with Crippen molar-refractivity contribution < 1.29 is 4.74 Å². The molecule has 1 N–H and O–H groups in total. The zero-order valence-corrected chi connectivity index (χ0v) is 14.9. The van der Waals surface area contributed by atoms with Crippen molar-refractivity contribution in [1.82, 2.24) is 15.1 Å². The number of morpholine rings is 1. The number of rotatable bonds is 4. The molecule has 0 amide bonds. The molecular formula is C17H34N4O. The van der Waals surface area contributed by atoms with Gasteiger partial charge in [-0.3, -0.25) is 9.89 Å². The van der Waals surface area contributed by atoms with Crippen LogP contribution in [0.4, 0.5) is 0 Å². The number of nitrogens with zero attached hydrogens (tertiary/aromatic N) is 3. The molecule has 1 unspecified atom stereocenters. The van der Waals surface area contributed by atoms with E-state index >= 15 is 0 Å². The van der Waals surface area contributed by atoms with Crippen molar-refractivity contribution in [3.8, 4) is 0 Å². The lowest BCUT2D eigenvalue weighted by atomic mass is 10.0. The lowest BCUT2D eigenvalue weighted by Gasteiger charge is -2.42. The smallest absolute Gasteiger partial charge is 0.193 e. The van der Waals surface area contributed by atoms with Gasteiger partial charge in [0.15, 0.2) is 5.96 Å². The summed E-state index contributed by atoms with van der Waals surface area (Å²) >= 11 is 0. The molecule has 0 aromatic heterocycles. The van der Waals surface area contributed by atoms with E-state index in [9.17, 15) is 0 Å². The summed E-state index contributed by atoms with van der Waals surface area (Å²) < 4.78 is 5.59. The Kier molecular flexibility index (Phi) is 6.50. The largest absolute Gasteiger partial charge is 0.378 e. The highest BCUT2D eigenvalue weighted by molar-refractivity contribution is 5.80. The molecule has 2 heterocycles. The van der Waals surface area contributed by atoms with Gasteiger partial charge in [-0.1, -0.05) is 6.92 Å². The van der Waals surface area contributed by atoms with Crippen molar-refractivity contribution in [3.05, 3.63) is 0 Å². The summed E-state index contributed by atoms with van der Waals surface area (Å²) in [6.07, 6.45) is 2.62. The van der Waals surface area contributed by atoms with Gasteiger partial charge in [-0.15, -0.1) is 0 Å². The Hall–Kier alpha value is -0.810. The van der Waals surface area contributed by atoms with Crippen molar-refractivity contribution >= 4 is 5.96 Å². The molecule has 0 aromatic rings. The summed E-state index contributed by atoms with van der Waals surface area (Å²) in [5.74, 6) is 1.87. The fourth-order valence-corrected chi connectivity index (χ4v) is 3.39. The maximum atomic E-state index is 5.59. The normalized spacial score (nSPS) is 27.0. The van der Waals surface area contributed by atoms with E-state index in [2.05, 4.69) is 42.8 Å². The van der Waals surface area contributed by atoms with Gasteiger partial charge in [0.1, 0.15) is 0 Å². The van der Waals surface area contributed by atoms with E-state index in [1.807, 2.05) is 0 Å². The van der Waals surface area contributed by atoms with Crippen LogP contribution in [-0.4, -0.2) is 73.8 Å².